The molecule has 2 aliphatic rings. The van der Waals surface area contributed by atoms with Crippen molar-refractivity contribution in [1.82, 2.24) is 10.6 Å². The van der Waals surface area contributed by atoms with E-state index >= 15 is 0 Å². The van der Waals surface area contributed by atoms with Gasteiger partial charge < -0.3 is 20.7 Å². The second kappa shape index (κ2) is 6.68. The van der Waals surface area contributed by atoms with Crippen molar-refractivity contribution < 1.29 is 14.3 Å². The summed E-state index contributed by atoms with van der Waals surface area (Å²) in [5.74, 6) is 0.618. The van der Waals surface area contributed by atoms with Crippen LogP contribution in [0.4, 0.5) is 10.5 Å². The summed E-state index contributed by atoms with van der Waals surface area (Å²) in [6.45, 7) is 0.807. The fraction of sp³-hybridized carbons (Fsp3) is 0.500. The number of hydrogen-bond donors (Lipinski definition) is 3. The molecule has 3 rings (SSSR count). The summed E-state index contributed by atoms with van der Waals surface area (Å²) in [6.07, 6.45) is 4.86. The first kappa shape index (κ1) is 14.7. The van der Waals surface area contributed by atoms with Gasteiger partial charge in [-0.2, -0.15) is 0 Å². The van der Waals surface area contributed by atoms with Crippen molar-refractivity contribution in [1.29, 1.82) is 0 Å². The van der Waals surface area contributed by atoms with E-state index in [1.54, 1.807) is 0 Å². The monoisotopic (exact) mass is 303 g/mol. The molecule has 0 aromatic heterocycles. The predicted octanol–water partition coefficient (Wildman–Crippen LogP) is 2.15. The van der Waals surface area contributed by atoms with E-state index in [4.69, 9.17) is 4.74 Å². The van der Waals surface area contributed by atoms with Crippen LogP contribution < -0.4 is 20.7 Å². The van der Waals surface area contributed by atoms with Crippen LogP contribution in [0.15, 0.2) is 18.2 Å². The highest BCUT2D eigenvalue weighted by atomic mass is 16.5. The maximum absolute atomic E-state index is 11.9. The molecule has 1 aromatic carbocycles. The van der Waals surface area contributed by atoms with Crippen LogP contribution in [0.2, 0.25) is 0 Å². The first-order chi connectivity index (χ1) is 10.7. The molecular weight excluding hydrogens is 282 g/mol. The van der Waals surface area contributed by atoms with Gasteiger partial charge in [0, 0.05) is 12.6 Å². The maximum Gasteiger partial charge on any atom is 0.315 e. The largest absolute Gasteiger partial charge is 0.491 e. The molecule has 118 valence electrons. The van der Waals surface area contributed by atoms with Crippen molar-refractivity contribution in [2.24, 2.45) is 0 Å². The van der Waals surface area contributed by atoms with Crippen molar-refractivity contribution in [3.05, 3.63) is 23.8 Å². The number of urea groups is 1. The van der Waals surface area contributed by atoms with Crippen LogP contribution in [-0.2, 0) is 11.3 Å². The quantitative estimate of drug-likeness (QED) is 0.800. The van der Waals surface area contributed by atoms with Crippen LogP contribution >= 0.6 is 0 Å². The fourth-order valence-electron chi connectivity index (χ4n) is 2.87. The van der Waals surface area contributed by atoms with Gasteiger partial charge in [0.1, 0.15) is 5.75 Å². The fourth-order valence-corrected chi connectivity index (χ4v) is 2.87. The number of benzene rings is 1. The summed E-state index contributed by atoms with van der Waals surface area (Å²) < 4.78 is 5.51. The molecule has 1 aliphatic carbocycles. The smallest absolute Gasteiger partial charge is 0.315 e. The van der Waals surface area contributed by atoms with Gasteiger partial charge in [-0.1, -0.05) is 18.9 Å². The van der Waals surface area contributed by atoms with Crippen molar-refractivity contribution in [3.8, 4) is 5.75 Å². The zero-order valence-corrected chi connectivity index (χ0v) is 12.5. The zero-order chi connectivity index (χ0) is 15.4. The van der Waals surface area contributed by atoms with Gasteiger partial charge in [-0.15, -0.1) is 0 Å². The SMILES string of the molecule is O=C1CCOc2ccc(CNC(=O)NC3CCCC3)cc2N1. The summed E-state index contributed by atoms with van der Waals surface area (Å²) in [5, 5.41) is 8.66. The van der Waals surface area contributed by atoms with Gasteiger partial charge in [0.25, 0.3) is 0 Å². The standard InChI is InChI=1S/C16H21N3O3/c20-15-7-8-22-14-6-5-11(9-13(14)19-15)10-17-16(21)18-12-3-1-2-4-12/h5-6,9,12H,1-4,7-8,10H2,(H,19,20)(H2,17,18,21). The molecule has 1 aliphatic heterocycles. The Morgan fingerprint density at radius 2 is 2.14 bits per heavy atom. The molecule has 1 heterocycles. The highest BCUT2D eigenvalue weighted by Crippen LogP contribution is 2.28. The molecule has 1 saturated carbocycles. The second-order valence-corrected chi connectivity index (χ2v) is 5.79. The number of fused-ring (bicyclic) bond motifs is 1. The van der Waals surface area contributed by atoms with E-state index in [2.05, 4.69) is 16.0 Å². The lowest BCUT2D eigenvalue weighted by molar-refractivity contribution is -0.116. The molecule has 0 unspecified atom stereocenters. The van der Waals surface area contributed by atoms with Crippen molar-refractivity contribution in [3.63, 3.8) is 0 Å². The minimum atomic E-state index is -0.137. The third kappa shape index (κ3) is 3.69. The predicted molar refractivity (Wildman–Crippen MR) is 82.8 cm³/mol. The van der Waals surface area contributed by atoms with E-state index in [-0.39, 0.29) is 11.9 Å². The Morgan fingerprint density at radius 1 is 1.32 bits per heavy atom. The van der Waals surface area contributed by atoms with Crippen LogP contribution in [0.5, 0.6) is 5.75 Å². The molecular formula is C16H21N3O3. The Balaban J connectivity index is 1.56. The lowest BCUT2D eigenvalue weighted by Crippen LogP contribution is -2.40. The lowest BCUT2D eigenvalue weighted by atomic mass is 10.2. The molecule has 1 aromatic rings. The topological polar surface area (TPSA) is 79.5 Å². The van der Waals surface area contributed by atoms with Crippen molar-refractivity contribution in [2.45, 2.75) is 44.7 Å². The van der Waals surface area contributed by atoms with E-state index in [9.17, 15) is 9.59 Å². The average Bonchev–Trinajstić information content (AvgIpc) is 2.92. The Kier molecular flexibility index (Phi) is 4.46. The maximum atomic E-state index is 11.9. The molecule has 0 spiro atoms. The number of ether oxygens (including phenoxy) is 1. The Hall–Kier alpha value is -2.24. The van der Waals surface area contributed by atoms with E-state index in [0.29, 0.717) is 37.1 Å². The van der Waals surface area contributed by atoms with Crippen molar-refractivity contribution >= 4 is 17.6 Å². The molecule has 22 heavy (non-hydrogen) atoms. The van der Waals surface area contributed by atoms with Gasteiger partial charge >= 0.3 is 6.03 Å². The normalized spacial score (nSPS) is 17.9. The lowest BCUT2D eigenvalue weighted by Gasteiger charge is -2.14. The van der Waals surface area contributed by atoms with Gasteiger partial charge in [0.2, 0.25) is 5.91 Å². The molecule has 3 amide bonds. The molecule has 6 heteroatoms. The molecule has 0 bridgehead atoms. The molecule has 6 nitrogen and oxygen atoms in total. The van der Waals surface area contributed by atoms with Crippen LogP contribution in [0, 0.1) is 0 Å². The van der Waals surface area contributed by atoms with Gasteiger partial charge in [-0.05, 0) is 30.5 Å². The minimum absolute atomic E-state index is 0.0529. The molecule has 3 N–H and O–H groups in total. The number of nitrogens with one attached hydrogen (secondary N) is 3. The second-order valence-electron chi connectivity index (χ2n) is 5.79. The summed E-state index contributed by atoms with van der Waals surface area (Å²) >= 11 is 0. The number of hydrogen-bond acceptors (Lipinski definition) is 3. The van der Waals surface area contributed by atoms with Gasteiger partial charge in [-0.3, -0.25) is 4.79 Å². The molecule has 1 fully saturated rings. The van der Waals surface area contributed by atoms with E-state index in [0.717, 1.165) is 18.4 Å². The number of carbonyl (C=O) groups is 2. The van der Waals surface area contributed by atoms with Gasteiger partial charge in [0.15, 0.2) is 0 Å². The number of rotatable bonds is 3. The average molecular weight is 303 g/mol. The number of anilines is 1. The van der Waals surface area contributed by atoms with Crippen LogP contribution in [0.25, 0.3) is 0 Å². The Labute approximate surface area is 129 Å². The Morgan fingerprint density at radius 3 is 2.95 bits per heavy atom. The number of carbonyl (C=O) groups excluding carboxylic acids is 2. The van der Waals surface area contributed by atoms with Crippen LogP contribution in [0.3, 0.4) is 0 Å². The zero-order valence-electron chi connectivity index (χ0n) is 12.5. The minimum Gasteiger partial charge on any atom is -0.491 e. The first-order valence-corrected chi connectivity index (χ1v) is 7.80. The molecule has 0 radical (unpaired) electrons. The summed E-state index contributed by atoms with van der Waals surface area (Å²) in [5.41, 5.74) is 1.59. The van der Waals surface area contributed by atoms with E-state index in [1.165, 1.54) is 12.8 Å². The highest BCUT2D eigenvalue weighted by molar-refractivity contribution is 5.93. The Bertz CT molecular complexity index is 568. The number of amides is 3. The summed E-state index contributed by atoms with van der Waals surface area (Å²) in [7, 11) is 0. The first-order valence-electron chi connectivity index (χ1n) is 7.80. The third-order valence-corrected chi connectivity index (χ3v) is 4.05. The van der Waals surface area contributed by atoms with Gasteiger partial charge in [0.05, 0.1) is 18.7 Å². The van der Waals surface area contributed by atoms with Gasteiger partial charge in [-0.25, -0.2) is 4.79 Å². The van der Waals surface area contributed by atoms with Crippen LogP contribution in [0.1, 0.15) is 37.7 Å². The van der Waals surface area contributed by atoms with E-state index in [1.807, 2.05) is 18.2 Å². The molecule has 0 saturated heterocycles. The third-order valence-electron chi connectivity index (χ3n) is 4.05. The van der Waals surface area contributed by atoms with E-state index < -0.39 is 0 Å². The summed E-state index contributed by atoms with van der Waals surface area (Å²) in [4.78, 5) is 23.4. The molecule has 0 atom stereocenters. The van der Waals surface area contributed by atoms with Crippen LogP contribution in [-0.4, -0.2) is 24.6 Å². The van der Waals surface area contributed by atoms with Crippen molar-refractivity contribution in [2.75, 3.05) is 11.9 Å². The highest BCUT2D eigenvalue weighted by Gasteiger charge is 2.17. The summed E-state index contributed by atoms with van der Waals surface area (Å²) in [6, 6.07) is 5.73.